The molecule has 6 rings (SSSR count). The maximum atomic E-state index is 13.5. The number of fused-ring (bicyclic) bond motifs is 1. The van der Waals surface area contributed by atoms with E-state index in [1.54, 1.807) is 19.2 Å². The van der Waals surface area contributed by atoms with Gasteiger partial charge in [0.15, 0.2) is 5.95 Å². The number of benzene rings is 1. The predicted molar refractivity (Wildman–Crippen MR) is 109 cm³/mol. The molecule has 2 heterocycles. The van der Waals surface area contributed by atoms with Gasteiger partial charge in [-0.05, 0) is 54.7 Å². The van der Waals surface area contributed by atoms with Crippen LogP contribution in [0.4, 0.5) is 24.8 Å². The van der Waals surface area contributed by atoms with Crippen molar-refractivity contribution in [2.45, 2.75) is 50.8 Å². The number of aromatic nitrogens is 2. The van der Waals surface area contributed by atoms with E-state index in [9.17, 15) is 21.6 Å². The number of sulfonamides is 1. The zero-order valence-electron chi connectivity index (χ0n) is 17.0. The molecule has 1 aromatic carbocycles. The van der Waals surface area contributed by atoms with Crippen molar-refractivity contribution < 1.29 is 21.6 Å². The lowest BCUT2D eigenvalue weighted by Crippen LogP contribution is -2.66. The quantitative estimate of drug-likeness (QED) is 0.739. The lowest BCUT2D eigenvalue weighted by Gasteiger charge is -2.67. The highest BCUT2D eigenvalue weighted by Crippen LogP contribution is 2.67. The van der Waals surface area contributed by atoms with Crippen LogP contribution in [0.15, 0.2) is 24.4 Å². The van der Waals surface area contributed by atoms with E-state index in [1.165, 1.54) is 0 Å². The molecule has 0 spiro atoms. The van der Waals surface area contributed by atoms with E-state index >= 15 is 0 Å². The summed E-state index contributed by atoms with van der Waals surface area (Å²) in [6.07, 6.45) is 4.36. The molecule has 1 aromatic heterocycles. The zero-order valence-corrected chi connectivity index (χ0v) is 17.8. The van der Waals surface area contributed by atoms with E-state index in [2.05, 4.69) is 14.9 Å². The minimum atomic E-state index is -5.47. The molecule has 4 aliphatic rings. The Hall–Kier alpha value is -2.27. The molecular formula is C20H24F3N5O2S. The Morgan fingerprint density at radius 3 is 2.55 bits per heavy atom. The average molecular weight is 456 g/mol. The Balaban J connectivity index is 1.64. The van der Waals surface area contributed by atoms with Crippen molar-refractivity contribution in [3.63, 3.8) is 0 Å². The second kappa shape index (κ2) is 6.61. The topological polar surface area (TPSA) is 95.3 Å². The van der Waals surface area contributed by atoms with Crippen molar-refractivity contribution in [3.05, 3.63) is 41.2 Å². The number of nitrogen functional groups attached to an aromatic ring is 1. The summed E-state index contributed by atoms with van der Waals surface area (Å²) in [7, 11) is -5.47. The Bertz CT molecular complexity index is 1110. The number of aromatic amines is 1. The molecule has 1 aliphatic heterocycles. The number of hydrogen-bond donors (Lipinski definition) is 2. The van der Waals surface area contributed by atoms with Crippen LogP contribution in [0.1, 0.15) is 36.1 Å². The normalized spacial score (nSPS) is 28.5. The van der Waals surface area contributed by atoms with E-state index in [-0.39, 0.29) is 30.5 Å². The summed E-state index contributed by atoms with van der Waals surface area (Å²) in [5.41, 5.74) is 3.07. The standard InChI is InChI=1S/C20H24F3N5O2S/c1-12-3-2-4-16-15(12)10-27(31(29,30)20(21,22)23)11-17(19-5-13(6-19)7-19)28(16)9-14-8-25-18(24)26-14/h2-4,8,13,17H,5-7,9-11H2,1H3,(H3,24,25,26). The third-order valence-corrected chi connectivity index (χ3v) is 8.74. The van der Waals surface area contributed by atoms with Crippen LogP contribution in [0.25, 0.3) is 0 Å². The highest BCUT2D eigenvalue weighted by atomic mass is 32.2. The fourth-order valence-electron chi connectivity index (χ4n) is 5.50. The van der Waals surface area contributed by atoms with Crippen molar-refractivity contribution in [2.24, 2.45) is 11.3 Å². The summed E-state index contributed by atoms with van der Waals surface area (Å²) >= 11 is 0. The van der Waals surface area contributed by atoms with Gasteiger partial charge in [0.2, 0.25) is 0 Å². The third kappa shape index (κ3) is 3.12. The first-order valence-corrected chi connectivity index (χ1v) is 11.7. The first-order valence-electron chi connectivity index (χ1n) is 10.2. The van der Waals surface area contributed by atoms with Crippen LogP contribution in [0.3, 0.4) is 0 Å². The maximum Gasteiger partial charge on any atom is 0.511 e. The molecule has 11 heteroatoms. The van der Waals surface area contributed by atoms with Gasteiger partial charge in [0.25, 0.3) is 0 Å². The molecule has 0 radical (unpaired) electrons. The highest BCUT2D eigenvalue weighted by Gasteiger charge is 2.63. The fraction of sp³-hybridized carbons (Fsp3) is 0.550. The lowest BCUT2D eigenvalue weighted by atomic mass is 9.41. The van der Waals surface area contributed by atoms with Gasteiger partial charge < -0.3 is 15.6 Å². The van der Waals surface area contributed by atoms with Crippen LogP contribution < -0.4 is 10.6 Å². The molecule has 3 N–H and O–H groups in total. The van der Waals surface area contributed by atoms with Crippen LogP contribution in [0.2, 0.25) is 0 Å². The predicted octanol–water partition coefficient (Wildman–Crippen LogP) is 3.14. The average Bonchev–Trinajstić information content (AvgIpc) is 2.93. The van der Waals surface area contributed by atoms with E-state index in [0.717, 1.165) is 36.2 Å². The maximum absolute atomic E-state index is 13.5. The Labute approximate surface area is 178 Å². The highest BCUT2D eigenvalue weighted by molar-refractivity contribution is 7.89. The van der Waals surface area contributed by atoms with E-state index in [4.69, 9.17) is 5.73 Å². The summed E-state index contributed by atoms with van der Waals surface area (Å²) in [6.45, 7) is 1.65. The first kappa shape index (κ1) is 20.6. The monoisotopic (exact) mass is 455 g/mol. The van der Waals surface area contributed by atoms with Gasteiger partial charge >= 0.3 is 15.5 Å². The molecule has 31 heavy (non-hydrogen) atoms. The second-order valence-electron chi connectivity index (χ2n) is 9.09. The largest absolute Gasteiger partial charge is 0.511 e. The molecule has 1 atom stereocenters. The number of H-pyrrole nitrogens is 1. The molecular weight excluding hydrogens is 431 g/mol. The van der Waals surface area contributed by atoms with Gasteiger partial charge in [-0.3, -0.25) is 0 Å². The van der Waals surface area contributed by atoms with Crippen LogP contribution >= 0.6 is 0 Å². The molecule has 2 aromatic rings. The van der Waals surface area contributed by atoms with E-state index < -0.39 is 15.5 Å². The van der Waals surface area contributed by atoms with E-state index in [0.29, 0.717) is 22.3 Å². The summed E-state index contributed by atoms with van der Waals surface area (Å²) in [5, 5.41) is 0. The van der Waals surface area contributed by atoms with Gasteiger partial charge in [-0.2, -0.15) is 17.5 Å². The summed E-state index contributed by atoms with van der Waals surface area (Å²) in [4.78, 5) is 9.09. The number of nitrogens with zero attached hydrogens (tertiary/aromatic N) is 3. The van der Waals surface area contributed by atoms with Gasteiger partial charge in [0.05, 0.1) is 18.4 Å². The number of anilines is 2. The number of hydrogen-bond acceptors (Lipinski definition) is 5. The van der Waals surface area contributed by atoms with Gasteiger partial charge in [-0.1, -0.05) is 12.1 Å². The van der Waals surface area contributed by atoms with Crippen LogP contribution in [-0.4, -0.2) is 40.8 Å². The Morgan fingerprint density at radius 1 is 1.29 bits per heavy atom. The molecule has 0 amide bonds. The fourth-order valence-corrected chi connectivity index (χ4v) is 6.43. The molecule has 3 aliphatic carbocycles. The number of aryl methyl sites for hydroxylation is 1. The molecule has 168 valence electrons. The Kier molecular flexibility index (Phi) is 4.40. The summed E-state index contributed by atoms with van der Waals surface area (Å²) in [6, 6.07) is 5.15. The van der Waals surface area contributed by atoms with Gasteiger partial charge in [0, 0.05) is 24.8 Å². The SMILES string of the molecule is Cc1cccc2c1CN(S(=O)(=O)C(F)(F)F)CC(C13CC(C1)C3)N2Cc1cnc(N)[nH]1. The van der Waals surface area contributed by atoms with Crippen LogP contribution in [-0.2, 0) is 23.1 Å². The number of imidazole rings is 1. The molecule has 3 fully saturated rings. The third-order valence-electron chi connectivity index (χ3n) is 7.20. The Morgan fingerprint density at radius 2 is 2.00 bits per heavy atom. The van der Waals surface area contributed by atoms with Crippen molar-refractivity contribution >= 4 is 21.7 Å². The van der Waals surface area contributed by atoms with Crippen molar-refractivity contribution in [2.75, 3.05) is 17.2 Å². The van der Waals surface area contributed by atoms with Crippen LogP contribution in [0, 0.1) is 18.3 Å². The number of alkyl halides is 3. The molecule has 0 saturated heterocycles. The number of rotatable bonds is 4. The van der Waals surface area contributed by atoms with Crippen molar-refractivity contribution in [3.8, 4) is 0 Å². The summed E-state index contributed by atoms with van der Waals surface area (Å²) < 4.78 is 66.2. The lowest BCUT2D eigenvalue weighted by molar-refractivity contribution is -0.129. The minimum Gasteiger partial charge on any atom is -0.369 e. The first-order chi connectivity index (χ1) is 14.5. The molecule has 3 saturated carbocycles. The number of nitrogens with one attached hydrogen (secondary N) is 1. The summed E-state index contributed by atoms with van der Waals surface area (Å²) in [5.74, 6) is 0.857. The number of nitrogens with two attached hydrogens (primary N) is 1. The van der Waals surface area contributed by atoms with Crippen molar-refractivity contribution in [1.29, 1.82) is 0 Å². The van der Waals surface area contributed by atoms with Gasteiger partial charge in [-0.15, -0.1) is 0 Å². The zero-order chi connectivity index (χ0) is 22.2. The van der Waals surface area contributed by atoms with Gasteiger partial charge in [0.1, 0.15) is 0 Å². The smallest absolute Gasteiger partial charge is 0.369 e. The minimum absolute atomic E-state index is 0.166. The number of halogens is 3. The molecule has 7 nitrogen and oxygen atoms in total. The van der Waals surface area contributed by atoms with E-state index in [1.807, 2.05) is 12.1 Å². The van der Waals surface area contributed by atoms with Gasteiger partial charge in [-0.25, -0.2) is 13.4 Å². The molecule has 1 unspecified atom stereocenters. The molecule has 2 bridgehead atoms. The second-order valence-corrected chi connectivity index (χ2v) is 11.0. The van der Waals surface area contributed by atoms with Crippen LogP contribution in [0.5, 0.6) is 0 Å². The van der Waals surface area contributed by atoms with Crippen molar-refractivity contribution in [1.82, 2.24) is 14.3 Å².